The molecule has 1 aliphatic carbocycles. The van der Waals surface area contributed by atoms with Gasteiger partial charge in [-0.2, -0.15) is 0 Å². The van der Waals surface area contributed by atoms with E-state index in [1.807, 2.05) is 0 Å². The van der Waals surface area contributed by atoms with Gasteiger partial charge in [0.1, 0.15) is 6.73 Å². The zero-order chi connectivity index (χ0) is 11.7. The molecule has 1 heterocycles. The molecule has 0 aliphatic heterocycles. The highest BCUT2D eigenvalue weighted by molar-refractivity contribution is 5.83. The van der Waals surface area contributed by atoms with Crippen molar-refractivity contribution < 1.29 is 4.74 Å². The highest BCUT2D eigenvalue weighted by Gasteiger charge is 2.21. The number of rotatable bonds is 5. The largest absolute Gasteiger partial charge is 0.360 e. The molecular formula is C14H18N2O. The second kappa shape index (κ2) is 4.51. The summed E-state index contributed by atoms with van der Waals surface area (Å²) >= 11 is 0. The fourth-order valence-electron chi connectivity index (χ4n) is 2.18. The Morgan fingerprint density at radius 1 is 1.29 bits per heavy atom. The van der Waals surface area contributed by atoms with Crippen LogP contribution in [0, 0.1) is 5.92 Å². The molecule has 2 N–H and O–H groups in total. The van der Waals surface area contributed by atoms with Crippen LogP contribution in [0.3, 0.4) is 0 Å². The molecule has 17 heavy (non-hydrogen) atoms. The van der Waals surface area contributed by atoms with E-state index in [0.717, 1.165) is 12.5 Å². The molecular weight excluding hydrogens is 212 g/mol. The lowest BCUT2D eigenvalue weighted by Crippen LogP contribution is -2.03. The third kappa shape index (κ3) is 2.21. The van der Waals surface area contributed by atoms with Crippen molar-refractivity contribution in [3.63, 3.8) is 0 Å². The van der Waals surface area contributed by atoms with Gasteiger partial charge in [0.2, 0.25) is 0 Å². The molecule has 1 aliphatic rings. The van der Waals surface area contributed by atoms with Crippen LogP contribution in [0.4, 0.5) is 0 Å². The van der Waals surface area contributed by atoms with E-state index in [-0.39, 0.29) is 0 Å². The van der Waals surface area contributed by atoms with Gasteiger partial charge < -0.3 is 15.0 Å². The van der Waals surface area contributed by atoms with E-state index in [1.54, 1.807) is 0 Å². The molecule has 0 amide bonds. The van der Waals surface area contributed by atoms with E-state index in [0.29, 0.717) is 13.3 Å². The molecule has 0 atom stereocenters. The Labute approximate surface area is 101 Å². The first-order chi connectivity index (χ1) is 8.38. The van der Waals surface area contributed by atoms with E-state index in [1.165, 1.54) is 29.3 Å². The normalized spacial score (nSPS) is 15.6. The first kappa shape index (κ1) is 10.8. The van der Waals surface area contributed by atoms with E-state index in [9.17, 15) is 0 Å². The van der Waals surface area contributed by atoms with Crippen LogP contribution in [0.1, 0.15) is 18.4 Å². The standard InChI is InChI=1S/C14H18N2O/c15-8-12-2-1-3-14-13(12)6-7-16(14)10-17-9-11-4-5-11/h1-3,6-7,11H,4-5,8-10,15H2. The molecule has 90 valence electrons. The van der Waals surface area contributed by atoms with Crippen LogP contribution in [0.5, 0.6) is 0 Å². The van der Waals surface area contributed by atoms with Crippen molar-refractivity contribution in [3.05, 3.63) is 36.0 Å². The van der Waals surface area contributed by atoms with Gasteiger partial charge in [-0.3, -0.25) is 0 Å². The number of hydrogen-bond donors (Lipinski definition) is 1. The van der Waals surface area contributed by atoms with Crippen LogP contribution in [0.25, 0.3) is 10.9 Å². The summed E-state index contributed by atoms with van der Waals surface area (Å²) in [7, 11) is 0. The van der Waals surface area contributed by atoms with Crippen molar-refractivity contribution in [3.8, 4) is 0 Å². The molecule has 1 saturated carbocycles. The minimum atomic E-state index is 0.588. The van der Waals surface area contributed by atoms with Crippen molar-refractivity contribution in [1.29, 1.82) is 0 Å². The minimum Gasteiger partial charge on any atom is -0.360 e. The summed E-state index contributed by atoms with van der Waals surface area (Å²) in [6.45, 7) is 2.13. The first-order valence-electron chi connectivity index (χ1n) is 6.23. The van der Waals surface area contributed by atoms with Gasteiger partial charge in [0.15, 0.2) is 0 Å². The Morgan fingerprint density at radius 2 is 2.18 bits per heavy atom. The molecule has 0 radical (unpaired) electrons. The summed E-state index contributed by atoms with van der Waals surface area (Å²) in [5, 5.41) is 1.24. The van der Waals surface area contributed by atoms with Gasteiger partial charge in [-0.05, 0) is 36.5 Å². The van der Waals surface area contributed by atoms with Crippen LogP contribution in [-0.2, 0) is 18.0 Å². The van der Waals surface area contributed by atoms with Crippen LogP contribution in [0.2, 0.25) is 0 Å². The molecule has 0 spiro atoms. The smallest absolute Gasteiger partial charge is 0.122 e. The zero-order valence-corrected chi connectivity index (χ0v) is 9.93. The fraction of sp³-hybridized carbons (Fsp3) is 0.429. The predicted molar refractivity (Wildman–Crippen MR) is 68.5 cm³/mol. The lowest BCUT2D eigenvalue weighted by molar-refractivity contribution is 0.0718. The Morgan fingerprint density at radius 3 is 2.94 bits per heavy atom. The van der Waals surface area contributed by atoms with Crippen molar-refractivity contribution in [2.24, 2.45) is 11.7 Å². The number of hydrogen-bond acceptors (Lipinski definition) is 2. The molecule has 3 nitrogen and oxygen atoms in total. The van der Waals surface area contributed by atoms with Crippen molar-refractivity contribution in [1.82, 2.24) is 4.57 Å². The maximum Gasteiger partial charge on any atom is 0.122 e. The molecule has 2 aromatic rings. The highest BCUT2D eigenvalue weighted by Crippen LogP contribution is 2.29. The van der Waals surface area contributed by atoms with Crippen LogP contribution in [0.15, 0.2) is 30.5 Å². The maximum atomic E-state index is 5.73. The Bertz CT molecular complexity index is 514. The lowest BCUT2D eigenvalue weighted by atomic mass is 10.1. The second-order valence-electron chi connectivity index (χ2n) is 4.78. The molecule has 1 aromatic carbocycles. The molecule has 3 heteroatoms. The SMILES string of the molecule is NCc1cccc2c1ccn2COCC1CC1. The Kier molecular flexibility index (Phi) is 2.87. The lowest BCUT2D eigenvalue weighted by Gasteiger charge is -2.07. The minimum absolute atomic E-state index is 0.588. The zero-order valence-electron chi connectivity index (χ0n) is 9.93. The van der Waals surface area contributed by atoms with Gasteiger partial charge in [-0.15, -0.1) is 0 Å². The molecule has 0 saturated heterocycles. The summed E-state index contributed by atoms with van der Waals surface area (Å²) in [5.41, 5.74) is 8.14. The number of benzene rings is 1. The second-order valence-corrected chi connectivity index (χ2v) is 4.78. The quantitative estimate of drug-likeness (QED) is 0.857. The van der Waals surface area contributed by atoms with Crippen LogP contribution < -0.4 is 5.73 Å². The molecule has 1 fully saturated rings. The third-order valence-electron chi connectivity index (χ3n) is 3.40. The number of nitrogens with two attached hydrogens (primary N) is 1. The highest BCUT2D eigenvalue weighted by atomic mass is 16.5. The third-order valence-corrected chi connectivity index (χ3v) is 3.40. The molecule has 0 unspecified atom stereocenters. The maximum absolute atomic E-state index is 5.73. The van der Waals surface area contributed by atoms with E-state index < -0.39 is 0 Å². The summed E-state index contributed by atoms with van der Waals surface area (Å²) in [6.07, 6.45) is 4.75. The van der Waals surface area contributed by atoms with Crippen LogP contribution >= 0.6 is 0 Å². The molecule has 1 aromatic heterocycles. The van der Waals surface area contributed by atoms with Gasteiger partial charge in [-0.1, -0.05) is 12.1 Å². The number of ether oxygens (including phenoxy) is 1. The first-order valence-corrected chi connectivity index (χ1v) is 6.23. The van der Waals surface area contributed by atoms with Gasteiger partial charge >= 0.3 is 0 Å². The monoisotopic (exact) mass is 230 g/mol. The van der Waals surface area contributed by atoms with E-state index in [2.05, 4.69) is 35.0 Å². The van der Waals surface area contributed by atoms with Crippen molar-refractivity contribution >= 4 is 10.9 Å². The van der Waals surface area contributed by atoms with Crippen LogP contribution in [-0.4, -0.2) is 11.2 Å². The topological polar surface area (TPSA) is 40.2 Å². The summed E-state index contributed by atoms with van der Waals surface area (Å²) in [4.78, 5) is 0. The van der Waals surface area contributed by atoms with E-state index >= 15 is 0 Å². The Hall–Kier alpha value is -1.32. The molecule has 0 bridgehead atoms. The van der Waals surface area contributed by atoms with Gasteiger partial charge in [-0.25, -0.2) is 0 Å². The average Bonchev–Trinajstić information content (AvgIpc) is 3.09. The average molecular weight is 230 g/mol. The predicted octanol–water partition coefficient (Wildman–Crippen LogP) is 2.48. The number of aromatic nitrogens is 1. The Balaban J connectivity index is 1.79. The van der Waals surface area contributed by atoms with Gasteiger partial charge in [0, 0.05) is 18.1 Å². The van der Waals surface area contributed by atoms with Gasteiger partial charge in [0.25, 0.3) is 0 Å². The summed E-state index contributed by atoms with van der Waals surface area (Å²) < 4.78 is 7.86. The molecule has 3 rings (SSSR count). The summed E-state index contributed by atoms with van der Waals surface area (Å²) in [6, 6.07) is 8.38. The fourth-order valence-corrected chi connectivity index (χ4v) is 2.18. The van der Waals surface area contributed by atoms with Crippen molar-refractivity contribution in [2.45, 2.75) is 26.1 Å². The summed E-state index contributed by atoms with van der Waals surface area (Å²) in [5.74, 6) is 0.816. The van der Waals surface area contributed by atoms with E-state index in [4.69, 9.17) is 10.5 Å². The number of nitrogens with zero attached hydrogens (tertiary/aromatic N) is 1. The van der Waals surface area contributed by atoms with Gasteiger partial charge in [0.05, 0.1) is 12.1 Å². The number of fused-ring (bicyclic) bond motifs is 1. The van der Waals surface area contributed by atoms with Crippen molar-refractivity contribution in [2.75, 3.05) is 6.61 Å².